The monoisotopic (exact) mass is 399 g/mol. The minimum atomic E-state index is -0.429. The molecule has 1 unspecified atom stereocenters. The summed E-state index contributed by atoms with van der Waals surface area (Å²) in [4.78, 5) is 12.9. The van der Waals surface area contributed by atoms with Crippen LogP contribution in [0.5, 0.6) is 0 Å². The lowest BCUT2D eigenvalue weighted by Gasteiger charge is -2.30. The van der Waals surface area contributed by atoms with Gasteiger partial charge in [0.25, 0.3) is 5.69 Å². The molecule has 2 heterocycles. The summed E-state index contributed by atoms with van der Waals surface area (Å²) in [7, 11) is 0. The van der Waals surface area contributed by atoms with E-state index in [4.69, 9.17) is 11.6 Å². The molecule has 5 nitrogen and oxygen atoms in total. The predicted molar refractivity (Wildman–Crippen MR) is 106 cm³/mol. The van der Waals surface area contributed by atoms with E-state index < -0.39 is 10.7 Å². The molecule has 28 heavy (non-hydrogen) atoms. The molecular formula is C21H19ClFN3O2. The number of non-ortho nitro benzene ring substituents is 1. The summed E-state index contributed by atoms with van der Waals surface area (Å²) in [6.07, 6.45) is 3.03. The van der Waals surface area contributed by atoms with Crippen LogP contribution in [-0.4, -0.2) is 20.9 Å². The van der Waals surface area contributed by atoms with E-state index in [1.54, 1.807) is 24.3 Å². The number of nitro groups is 1. The summed E-state index contributed by atoms with van der Waals surface area (Å²) in [5.74, 6) is -0.429. The van der Waals surface area contributed by atoms with Gasteiger partial charge in [-0.15, -0.1) is 0 Å². The van der Waals surface area contributed by atoms with Gasteiger partial charge in [-0.25, -0.2) is 4.39 Å². The maximum absolute atomic E-state index is 13.5. The van der Waals surface area contributed by atoms with E-state index >= 15 is 0 Å². The Morgan fingerprint density at radius 1 is 1.14 bits per heavy atom. The Hall–Kier alpha value is -2.70. The van der Waals surface area contributed by atoms with Crippen molar-refractivity contribution in [1.29, 1.82) is 0 Å². The maximum Gasteiger partial charge on any atom is 0.269 e. The number of nitro benzene ring substituents is 1. The molecule has 0 saturated carbocycles. The standard InChI is InChI=1S/C21H19ClFN3O2/c22-18-13-15(4-9-19(18)23)14-25-12-2-11-24-10-1-3-20(24)21(25)16-5-7-17(8-6-16)26(27)28/h1,3-10,13,21H,2,11-12,14H2. The van der Waals surface area contributed by atoms with Gasteiger partial charge in [-0.2, -0.15) is 0 Å². The van der Waals surface area contributed by atoms with E-state index in [0.29, 0.717) is 6.54 Å². The minimum Gasteiger partial charge on any atom is -0.350 e. The number of benzene rings is 2. The van der Waals surface area contributed by atoms with Crippen LogP contribution in [0.3, 0.4) is 0 Å². The summed E-state index contributed by atoms with van der Waals surface area (Å²) in [5, 5.41) is 11.1. The Bertz CT molecular complexity index is 1000. The highest BCUT2D eigenvalue weighted by Crippen LogP contribution is 2.34. The molecule has 2 aromatic carbocycles. The molecule has 144 valence electrons. The van der Waals surface area contributed by atoms with E-state index in [1.165, 1.54) is 6.07 Å². The quantitative estimate of drug-likeness (QED) is 0.448. The molecule has 1 aromatic heterocycles. The van der Waals surface area contributed by atoms with Crippen molar-refractivity contribution in [2.24, 2.45) is 0 Å². The number of aromatic nitrogens is 1. The Kier molecular flexibility index (Phi) is 5.15. The lowest BCUT2D eigenvalue weighted by molar-refractivity contribution is -0.384. The normalized spacial score (nSPS) is 17.1. The number of nitrogens with zero attached hydrogens (tertiary/aromatic N) is 3. The zero-order valence-corrected chi connectivity index (χ0v) is 15.8. The van der Waals surface area contributed by atoms with Crippen molar-refractivity contribution in [3.05, 3.63) is 98.6 Å². The van der Waals surface area contributed by atoms with Crippen LogP contribution in [0.25, 0.3) is 0 Å². The fourth-order valence-electron chi connectivity index (χ4n) is 3.84. The topological polar surface area (TPSA) is 51.3 Å². The van der Waals surface area contributed by atoms with Crippen LogP contribution in [-0.2, 0) is 13.1 Å². The lowest BCUT2D eigenvalue weighted by Crippen LogP contribution is -2.29. The Morgan fingerprint density at radius 3 is 2.64 bits per heavy atom. The Morgan fingerprint density at radius 2 is 1.93 bits per heavy atom. The van der Waals surface area contributed by atoms with Gasteiger partial charge in [-0.05, 0) is 41.8 Å². The Labute approximate surface area is 167 Å². The van der Waals surface area contributed by atoms with Crippen molar-refractivity contribution in [2.75, 3.05) is 6.54 Å². The zero-order chi connectivity index (χ0) is 19.7. The molecule has 1 aliphatic rings. The molecule has 0 spiro atoms. The van der Waals surface area contributed by atoms with Gasteiger partial charge in [0, 0.05) is 43.7 Å². The van der Waals surface area contributed by atoms with Crippen LogP contribution in [0, 0.1) is 15.9 Å². The largest absolute Gasteiger partial charge is 0.350 e. The van der Waals surface area contributed by atoms with E-state index in [9.17, 15) is 14.5 Å². The highest BCUT2D eigenvalue weighted by Gasteiger charge is 2.28. The van der Waals surface area contributed by atoms with Crippen molar-refractivity contribution in [1.82, 2.24) is 9.47 Å². The van der Waals surface area contributed by atoms with Crippen LogP contribution in [0.4, 0.5) is 10.1 Å². The zero-order valence-electron chi connectivity index (χ0n) is 15.1. The van der Waals surface area contributed by atoms with Gasteiger partial charge in [0.05, 0.1) is 16.0 Å². The molecule has 3 aromatic rings. The van der Waals surface area contributed by atoms with E-state index in [2.05, 4.69) is 21.7 Å². The third-order valence-electron chi connectivity index (χ3n) is 5.14. The second-order valence-electron chi connectivity index (χ2n) is 6.95. The fourth-order valence-corrected chi connectivity index (χ4v) is 4.05. The van der Waals surface area contributed by atoms with Gasteiger partial charge < -0.3 is 4.57 Å². The molecule has 0 radical (unpaired) electrons. The average Bonchev–Trinajstić information content (AvgIpc) is 3.06. The minimum absolute atomic E-state index is 0.0536. The van der Waals surface area contributed by atoms with Crippen LogP contribution < -0.4 is 0 Å². The first-order chi connectivity index (χ1) is 13.5. The maximum atomic E-state index is 13.5. The van der Waals surface area contributed by atoms with Crippen molar-refractivity contribution in [2.45, 2.75) is 25.6 Å². The second kappa shape index (κ2) is 7.73. The Balaban J connectivity index is 1.72. The van der Waals surface area contributed by atoms with Crippen molar-refractivity contribution >= 4 is 17.3 Å². The van der Waals surface area contributed by atoms with Crippen molar-refractivity contribution in [3.63, 3.8) is 0 Å². The van der Waals surface area contributed by atoms with E-state index in [-0.39, 0.29) is 16.8 Å². The highest BCUT2D eigenvalue weighted by atomic mass is 35.5. The predicted octanol–water partition coefficient (Wildman–Crippen LogP) is 5.18. The second-order valence-corrected chi connectivity index (χ2v) is 7.36. The van der Waals surface area contributed by atoms with Crippen molar-refractivity contribution < 1.29 is 9.31 Å². The van der Waals surface area contributed by atoms with Gasteiger partial charge in [0.15, 0.2) is 0 Å². The first-order valence-corrected chi connectivity index (χ1v) is 9.48. The highest BCUT2D eigenvalue weighted by molar-refractivity contribution is 6.30. The summed E-state index contributed by atoms with van der Waals surface area (Å²) < 4.78 is 15.8. The molecule has 0 saturated heterocycles. The van der Waals surface area contributed by atoms with Crippen LogP contribution in [0.15, 0.2) is 60.8 Å². The summed E-state index contributed by atoms with van der Waals surface area (Å²) in [5.41, 5.74) is 3.13. The number of aryl methyl sites for hydroxylation is 1. The van der Waals surface area contributed by atoms with Gasteiger partial charge >= 0.3 is 0 Å². The van der Waals surface area contributed by atoms with Crippen LogP contribution in [0.2, 0.25) is 5.02 Å². The summed E-state index contributed by atoms with van der Waals surface area (Å²) in [6, 6.07) is 15.6. The molecule has 1 aliphatic heterocycles. The first-order valence-electron chi connectivity index (χ1n) is 9.10. The first kappa shape index (κ1) is 18.7. The smallest absolute Gasteiger partial charge is 0.269 e. The van der Waals surface area contributed by atoms with E-state index in [0.717, 1.165) is 36.3 Å². The van der Waals surface area contributed by atoms with Crippen LogP contribution in [0.1, 0.15) is 29.3 Å². The molecule has 7 heteroatoms. The number of fused-ring (bicyclic) bond motifs is 1. The van der Waals surface area contributed by atoms with E-state index in [1.807, 2.05) is 18.2 Å². The number of hydrogen-bond acceptors (Lipinski definition) is 3. The van der Waals surface area contributed by atoms with Gasteiger partial charge in [0.1, 0.15) is 5.82 Å². The molecular weight excluding hydrogens is 381 g/mol. The van der Waals surface area contributed by atoms with Gasteiger partial charge in [0.2, 0.25) is 0 Å². The molecule has 1 atom stereocenters. The van der Waals surface area contributed by atoms with Gasteiger partial charge in [-0.3, -0.25) is 15.0 Å². The number of hydrogen-bond donors (Lipinski definition) is 0. The van der Waals surface area contributed by atoms with Gasteiger partial charge in [-0.1, -0.05) is 29.8 Å². The SMILES string of the molecule is O=[N+]([O-])c1ccc(C2c3cccn3CCCN2Cc2ccc(F)c(Cl)c2)cc1. The molecule has 0 fully saturated rings. The molecule has 0 aliphatic carbocycles. The molecule has 0 bridgehead atoms. The number of rotatable bonds is 4. The molecule has 0 amide bonds. The van der Waals surface area contributed by atoms with Crippen molar-refractivity contribution in [3.8, 4) is 0 Å². The third kappa shape index (κ3) is 3.66. The average molecular weight is 400 g/mol. The summed E-state index contributed by atoms with van der Waals surface area (Å²) >= 11 is 5.97. The van der Waals surface area contributed by atoms with Crippen LogP contribution >= 0.6 is 11.6 Å². The fraction of sp³-hybridized carbons (Fsp3) is 0.238. The third-order valence-corrected chi connectivity index (χ3v) is 5.43. The lowest BCUT2D eigenvalue weighted by atomic mass is 10.0. The number of halogens is 2. The summed E-state index contributed by atoms with van der Waals surface area (Å²) in [6.45, 7) is 2.36. The molecule has 4 rings (SSSR count). The molecule has 0 N–H and O–H groups in total.